The lowest BCUT2D eigenvalue weighted by Gasteiger charge is -2.09. The van der Waals surface area contributed by atoms with Crippen LogP contribution in [0.25, 0.3) is 22.3 Å². The van der Waals surface area contributed by atoms with Gasteiger partial charge in [-0.15, -0.1) is 0 Å². The van der Waals surface area contributed by atoms with E-state index in [-0.39, 0.29) is 5.91 Å². The van der Waals surface area contributed by atoms with Gasteiger partial charge in [0.25, 0.3) is 5.91 Å². The SMILES string of the molecule is Cc1nn(C)c2nc(-c3ccccc3)cc(C(=O)Nn3cn[nH]c3=S)c12. The Balaban J connectivity index is 1.90. The largest absolute Gasteiger partial charge is 0.271 e. The number of hydrogen-bond donors (Lipinski definition) is 2. The van der Waals surface area contributed by atoms with E-state index in [2.05, 4.69) is 20.7 Å². The van der Waals surface area contributed by atoms with Gasteiger partial charge < -0.3 is 0 Å². The molecule has 2 N–H and O–H groups in total. The van der Waals surface area contributed by atoms with Crippen LogP contribution in [0.4, 0.5) is 0 Å². The summed E-state index contributed by atoms with van der Waals surface area (Å²) >= 11 is 5.08. The number of aromatic amines is 1. The highest BCUT2D eigenvalue weighted by Gasteiger charge is 2.19. The zero-order valence-electron chi connectivity index (χ0n) is 14.1. The van der Waals surface area contributed by atoms with Crippen molar-refractivity contribution in [2.45, 2.75) is 6.92 Å². The number of benzene rings is 1. The number of carbonyl (C=O) groups is 1. The zero-order chi connectivity index (χ0) is 18.3. The number of H-pyrrole nitrogens is 1. The molecule has 3 heterocycles. The Morgan fingerprint density at radius 2 is 2.04 bits per heavy atom. The van der Waals surface area contributed by atoms with E-state index in [4.69, 9.17) is 17.2 Å². The second kappa shape index (κ2) is 6.19. The van der Waals surface area contributed by atoms with Crippen LogP contribution in [0.2, 0.25) is 0 Å². The van der Waals surface area contributed by atoms with Gasteiger partial charge in [-0.2, -0.15) is 10.2 Å². The highest BCUT2D eigenvalue weighted by Crippen LogP contribution is 2.26. The van der Waals surface area contributed by atoms with Crippen molar-refractivity contribution in [1.82, 2.24) is 29.6 Å². The van der Waals surface area contributed by atoms with Gasteiger partial charge in [-0.3, -0.25) is 20.0 Å². The average molecular weight is 365 g/mol. The summed E-state index contributed by atoms with van der Waals surface area (Å²) in [7, 11) is 1.81. The first-order valence-electron chi connectivity index (χ1n) is 7.88. The fraction of sp³-hybridized carbons (Fsp3) is 0.118. The third-order valence-electron chi connectivity index (χ3n) is 4.06. The van der Waals surface area contributed by atoms with E-state index in [0.29, 0.717) is 27.1 Å². The first kappa shape index (κ1) is 16.2. The van der Waals surface area contributed by atoms with E-state index in [1.807, 2.05) is 44.3 Å². The van der Waals surface area contributed by atoms with Crippen LogP contribution in [-0.4, -0.2) is 35.5 Å². The normalized spacial score (nSPS) is 11.0. The molecule has 0 bridgehead atoms. The van der Waals surface area contributed by atoms with Crippen LogP contribution in [0.15, 0.2) is 42.7 Å². The maximum Gasteiger partial charge on any atom is 0.271 e. The first-order valence-corrected chi connectivity index (χ1v) is 8.28. The number of pyridine rings is 1. The topological polar surface area (TPSA) is 93.4 Å². The van der Waals surface area contributed by atoms with Gasteiger partial charge in [-0.05, 0) is 25.2 Å². The fourth-order valence-corrected chi connectivity index (χ4v) is 3.02. The minimum Gasteiger partial charge on any atom is -0.267 e. The van der Waals surface area contributed by atoms with E-state index in [1.165, 1.54) is 11.0 Å². The number of aryl methyl sites for hydroxylation is 2. The predicted octanol–water partition coefficient (Wildman–Crippen LogP) is 2.58. The number of amides is 1. The molecule has 0 aliphatic heterocycles. The lowest BCUT2D eigenvalue weighted by atomic mass is 10.1. The summed E-state index contributed by atoms with van der Waals surface area (Å²) in [6, 6.07) is 11.5. The van der Waals surface area contributed by atoms with Crippen molar-refractivity contribution in [2.75, 3.05) is 5.43 Å². The number of aromatic nitrogens is 6. The third-order valence-corrected chi connectivity index (χ3v) is 4.35. The Morgan fingerprint density at radius 3 is 2.73 bits per heavy atom. The number of hydrogen-bond acceptors (Lipinski definition) is 5. The van der Waals surface area contributed by atoms with Crippen LogP contribution in [0.5, 0.6) is 0 Å². The molecule has 0 saturated carbocycles. The molecule has 0 radical (unpaired) electrons. The molecule has 0 fully saturated rings. The molecule has 4 aromatic rings. The number of nitrogens with one attached hydrogen (secondary N) is 2. The summed E-state index contributed by atoms with van der Waals surface area (Å²) in [5.74, 6) is -0.316. The lowest BCUT2D eigenvalue weighted by molar-refractivity contribution is 0.101. The number of carbonyl (C=O) groups excluding carboxylic acids is 1. The monoisotopic (exact) mass is 365 g/mol. The molecule has 26 heavy (non-hydrogen) atoms. The highest BCUT2D eigenvalue weighted by atomic mass is 32.1. The van der Waals surface area contributed by atoms with Crippen LogP contribution >= 0.6 is 12.2 Å². The molecule has 0 atom stereocenters. The number of fused-ring (bicyclic) bond motifs is 1. The Kier molecular flexibility index (Phi) is 3.85. The Morgan fingerprint density at radius 1 is 1.27 bits per heavy atom. The highest BCUT2D eigenvalue weighted by molar-refractivity contribution is 7.71. The van der Waals surface area contributed by atoms with Crippen LogP contribution < -0.4 is 5.43 Å². The Hall–Kier alpha value is -3.33. The molecular formula is C17H15N7OS. The van der Waals surface area contributed by atoms with Crippen LogP contribution in [0, 0.1) is 11.7 Å². The summed E-state index contributed by atoms with van der Waals surface area (Å²) < 4.78 is 3.34. The molecule has 9 heteroatoms. The molecule has 3 aromatic heterocycles. The van der Waals surface area contributed by atoms with Gasteiger partial charge in [0.15, 0.2) is 5.65 Å². The Bertz CT molecular complexity index is 1170. The number of rotatable bonds is 3. The van der Waals surface area contributed by atoms with E-state index >= 15 is 0 Å². The first-order chi connectivity index (χ1) is 12.5. The van der Waals surface area contributed by atoms with Crippen LogP contribution in [-0.2, 0) is 7.05 Å². The van der Waals surface area contributed by atoms with E-state index < -0.39 is 0 Å². The minimum absolute atomic E-state index is 0.301. The van der Waals surface area contributed by atoms with Crippen LogP contribution in [0.1, 0.15) is 16.1 Å². The minimum atomic E-state index is -0.316. The lowest BCUT2D eigenvalue weighted by Crippen LogP contribution is -2.23. The number of nitrogens with zero attached hydrogens (tertiary/aromatic N) is 5. The third kappa shape index (κ3) is 2.68. The van der Waals surface area contributed by atoms with Crippen LogP contribution in [0.3, 0.4) is 0 Å². The maximum absolute atomic E-state index is 12.9. The molecule has 1 aromatic carbocycles. The molecule has 8 nitrogen and oxygen atoms in total. The van der Waals surface area contributed by atoms with Gasteiger partial charge in [-0.1, -0.05) is 30.3 Å². The van der Waals surface area contributed by atoms with Gasteiger partial charge in [0.1, 0.15) is 6.33 Å². The van der Waals surface area contributed by atoms with Crippen molar-refractivity contribution in [3.8, 4) is 11.3 Å². The summed E-state index contributed by atoms with van der Waals surface area (Å²) in [6.07, 6.45) is 1.41. The standard InChI is InChI=1S/C17H15N7OS/c1-10-14-12(16(25)22-24-9-18-20-17(24)26)8-13(11-6-4-3-5-7-11)19-15(14)23(2)21-10/h3-9H,1-2H3,(H,20,26)(H,22,25). The van der Waals surface area contributed by atoms with Gasteiger partial charge in [0.05, 0.1) is 22.3 Å². The van der Waals surface area contributed by atoms with Crippen molar-refractivity contribution in [3.05, 3.63) is 58.8 Å². The van der Waals surface area contributed by atoms with Crippen molar-refractivity contribution in [1.29, 1.82) is 0 Å². The van der Waals surface area contributed by atoms with Gasteiger partial charge in [0.2, 0.25) is 4.77 Å². The molecule has 0 saturated heterocycles. The van der Waals surface area contributed by atoms with E-state index in [0.717, 1.165) is 11.3 Å². The summed E-state index contributed by atoms with van der Waals surface area (Å²) in [5.41, 5.74) is 6.19. The van der Waals surface area contributed by atoms with Crippen molar-refractivity contribution < 1.29 is 4.79 Å². The maximum atomic E-state index is 12.9. The van der Waals surface area contributed by atoms with Crippen molar-refractivity contribution in [2.24, 2.45) is 7.05 Å². The van der Waals surface area contributed by atoms with Gasteiger partial charge in [0, 0.05) is 12.6 Å². The molecule has 130 valence electrons. The van der Waals surface area contributed by atoms with E-state index in [1.54, 1.807) is 10.7 Å². The van der Waals surface area contributed by atoms with Gasteiger partial charge in [-0.25, -0.2) is 9.66 Å². The fourth-order valence-electron chi connectivity index (χ4n) is 2.88. The quantitative estimate of drug-likeness (QED) is 0.544. The zero-order valence-corrected chi connectivity index (χ0v) is 14.9. The second-order valence-electron chi connectivity index (χ2n) is 5.80. The Labute approximate surface area is 153 Å². The molecule has 4 rings (SSSR count). The summed E-state index contributed by atoms with van der Waals surface area (Å²) in [6.45, 7) is 1.85. The molecule has 0 aliphatic rings. The smallest absolute Gasteiger partial charge is 0.267 e. The van der Waals surface area contributed by atoms with Gasteiger partial charge >= 0.3 is 0 Å². The average Bonchev–Trinajstić information content (AvgIpc) is 3.18. The molecular weight excluding hydrogens is 350 g/mol. The summed E-state index contributed by atoms with van der Waals surface area (Å²) in [5, 5.41) is 11.5. The molecule has 0 aliphatic carbocycles. The molecule has 1 amide bonds. The molecule has 0 spiro atoms. The predicted molar refractivity (Wildman–Crippen MR) is 99.8 cm³/mol. The van der Waals surface area contributed by atoms with Crippen molar-refractivity contribution >= 4 is 29.2 Å². The summed E-state index contributed by atoms with van der Waals surface area (Å²) in [4.78, 5) is 17.6. The second-order valence-corrected chi connectivity index (χ2v) is 6.19. The molecule has 0 unspecified atom stereocenters. The van der Waals surface area contributed by atoms with E-state index in [9.17, 15) is 4.79 Å². The van der Waals surface area contributed by atoms with Crippen molar-refractivity contribution in [3.63, 3.8) is 0 Å².